The van der Waals surface area contributed by atoms with Crippen LogP contribution in [0, 0.1) is 0 Å². The van der Waals surface area contributed by atoms with Crippen molar-refractivity contribution < 1.29 is 13.6 Å². The van der Waals surface area contributed by atoms with Gasteiger partial charge in [-0.1, -0.05) is 26.2 Å². The fourth-order valence-electron chi connectivity index (χ4n) is 1.88. The summed E-state index contributed by atoms with van der Waals surface area (Å²) in [6.07, 6.45) is 5.79. The number of carbonyl (C=O) groups excluding carboxylic acids is 1. The van der Waals surface area contributed by atoms with Crippen LogP contribution in [0.25, 0.3) is 11.7 Å². The maximum atomic E-state index is 11.7. The Labute approximate surface area is 121 Å². The van der Waals surface area contributed by atoms with E-state index in [4.69, 9.17) is 8.83 Å². The summed E-state index contributed by atoms with van der Waals surface area (Å²) >= 11 is 0. The molecular weight excluding hydrogens is 274 g/mol. The minimum Gasteiger partial charge on any atom is -0.459 e. The van der Waals surface area contributed by atoms with Crippen molar-refractivity contribution in [2.45, 2.75) is 39.2 Å². The van der Waals surface area contributed by atoms with Crippen molar-refractivity contribution in [3.63, 3.8) is 0 Å². The number of nitrogens with zero attached hydrogens (tertiary/aromatic N) is 2. The maximum Gasteiger partial charge on any atom is 0.437 e. The molecule has 1 amide bonds. The lowest BCUT2D eigenvalue weighted by Crippen LogP contribution is -2.32. The second kappa shape index (κ2) is 7.47. The van der Waals surface area contributed by atoms with Gasteiger partial charge >= 0.3 is 5.76 Å². The summed E-state index contributed by atoms with van der Waals surface area (Å²) in [5.41, 5.74) is 0. The Morgan fingerprint density at radius 2 is 2.24 bits per heavy atom. The van der Waals surface area contributed by atoms with Crippen molar-refractivity contribution in [2.75, 3.05) is 6.54 Å². The lowest BCUT2D eigenvalue weighted by Gasteiger charge is -2.03. The predicted molar refractivity (Wildman–Crippen MR) is 75.6 cm³/mol. The standard InChI is InChI=1S/C14H19N3O4/c1-2-3-4-5-8-15-12(18)10-17-14(19)21-13(16-17)11-7-6-9-20-11/h6-7,9H,2-5,8,10H2,1H3,(H,15,18). The van der Waals surface area contributed by atoms with E-state index in [1.165, 1.54) is 6.26 Å². The first-order valence-corrected chi connectivity index (χ1v) is 7.09. The van der Waals surface area contributed by atoms with Crippen molar-refractivity contribution >= 4 is 5.91 Å². The van der Waals surface area contributed by atoms with E-state index in [1.54, 1.807) is 12.1 Å². The van der Waals surface area contributed by atoms with Gasteiger partial charge in [0.25, 0.3) is 5.89 Å². The van der Waals surface area contributed by atoms with Gasteiger partial charge in [0.1, 0.15) is 6.54 Å². The van der Waals surface area contributed by atoms with Gasteiger partial charge in [0.05, 0.1) is 6.26 Å². The van der Waals surface area contributed by atoms with Gasteiger partial charge in [-0.3, -0.25) is 4.79 Å². The maximum absolute atomic E-state index is 11.7. The largest absolute Gasteiger partial charge is 0.459 e. The van der Waals surface area contributed by atoms with Crippen LogP contribution in [0.2, 0.25) is 0 Å². The number of unbranched alkanes of at least 4 members (excludes halogenated alkanes) is 3. The smallest absolute Gasteiger partial charge is 0.437 e. The van der Waals surface area contributed by atoms with Gasteiger partial charge in [-0.2, -0.15) is 4.68 Å². The van der Waals surface area contributed by atoms with E-state index >= 15 is 0 Å². The van der Waals surface area contributed by atoms with Crippen LogP contribution in [0.15, 0.2) is 32.0 Å². The van der Waals surface area contributed by atoms with E-state index in [-0.39, 0.29) is 18.3 Å². The summed E-state index contributed by atoms with van der Waals surface area (Å²) in [5.74, 6) is -0.512. The molecule has 0 aliphatic rings. The molecule has 0 aliphatic carbocycles. The Balaban J connectivity index is 1.85. The fourth-order valence-corrected chi connectivity index (χ4v) is 1.88. The lowest BCUT2D eigenvalue weighted by molar-refractivity contribution is -0.121. The molecular formula is C14H19N3O4. The molecule has 1 N–H and O–H groups in total. The molecule has 7 heteroatoms. The second-order valence-electron chi connectivity index (χ2n) is 4.72. The molecule has 0 unspecified atom stereocenters. The fraction of sp³-hybridized carbons (Fsp3) is 0.500. The van der Waals surface area contributed by atoms with Gasteiger partial charge in [-0.05, 0) is 18.6 Å². The summed E-state index contributed by atoms with van der Waals surface area (Å²) in [4.78, 5) is 23.3. The van der Waals surface area contributed by atoms with Crippen molar-refractivity contribution in [3.8, 4) is 11.7 Å². The number of amides is 1. The number of nitrogens with one attached hydrogen (secondary N) is 1. The van der Waals surface area contributed by atoms with Crippen molar-refractivity contribution in [2.24, 2.45) is 0 Å². The van der Waals surface area contributed by atoms with Crippen LogP contribution in [-0.2, 0) is 11.3 Å². The van der Waals surface area contributed by atoms with Crippen molar-refractivity contribution in [3.05, 3.63) is 28.9 Å². The lowest BCUT2D eigenvalue weighted by atomic mass is 10.2. The number of hydrogen-bond donors (Lipinski definition) is 1. The van der Waals surface area contributed by atoms with Gasteiger partial charge in [-0.15, -0.1) is 5.10 Å². The summed E-state index contributed by atoms with van der Waals surface area (Å²) in [6.45, 7) is 2.58. The number of aromatic nitrogens is 2. The Hall–Kier alpha value is -2.31. The molecule has 0 fully saturated rings. The summed E-state index contributed by atoms with van der Waals surface area (Å²) < 4.78 is 11.0. The number of carbonyl (C=O) groups is 1. The van der Waals surface area contributed by atoms with Crippen LogP contribution in [-0.4, -0.2) is 22.2 Å². The Morgan fingerprint density at radius 3 is 2.95 bits per heavy atom. The molecule has 0 saturated heterocycles. The monoisotopic (exact) mass is 293 g/mol. The molecule has 0 aromatic carbocycles. The van der Waals surface area contributed by atoms with Gasteiger partial charge in [-0.25, -0.2) is 4.79 Å². The quantitative estimate of drug-likeness (QED) is 0.749. The third-order valence-corrected chi connectivity index (χ3v) is 2.98. The average Bonchev–Trinajstić information content (AvgIpc) is 3.09. The van der Waals surface area contributed by atoms with Gasteiger partial charge < -0.3 is 14.2 Å². The minimum absolute atomic E-state index is 0.0701. The Bertz CT molecular complexity index is 612. The highest BCUT2D eigenvalue weighted by Gasteiger charge is 2.14. The molecule has 21 heavy (non-hydrogen) atoms. The molecule has 0 bridgehead atoms. The second-order valence-corrected chi connectivity index (χ2v) is 4.72. The zero-order chi connectivity index (χ0) is 15.1. The van der Waals surface area contributed by atoms with E-state index in [0.29, 0.717) is 12.3 Å². The van der Waals surface area contributed by atoms with Gasteiger partial charge in [0, 0.05) is 6.54 Å². The molecule has 2 rings (SSSR count). The normalized spacial score (nSPS) is 10.7. The average molecular weight is 293 g/mol. The van der Waals surface area contributed by atoms with Gasteiger partial charge in [0.2, 0.25) is 5.91 Å². The highest BCUT2D eigenvalue weighted by molar-refractivity contribution is 5.75. The van der Waals surface area contributed by atoms with E-state index in [9.17, 15) is 9.59 Å². The van der Waals surface area contributed by atoms with E-state index in [0.717, 1.165) is 30.4 Å². The van der Waals surface area contributed by atoms with E-state index < -0.39 is 5.76 Å². The predicted octanol–water partition coefficient (Wildman–Crippen LogP) is 1.79. The van der Waals surface area contributed by atoms with Gasteiger partial charge in [0.15, 0.2) is 5.76 Å². The third-order valence-electron chi connectivity index (χ3n) is 2.98. The van der Waals surface area contributed by atoms with E-state index in [1.807, 2.05) is 0 Å². The highest BCUT2D eigenvalue weighted by Crippen LogP contribution is 2.14. The Morgan fingerprint density at radius 1 is 1.38 bits per heavy atom. The summed E-state index contributed by atoms with van der Waals surface area (Å²) in [7, 11) is 0. The highest BCUT2D eigenvalue weighted by atomic mass is 16.4. The molecule has 2 aromatic heterocycles. The molecule has 0 saturated carbocycles. The van der Waals surface area contributed by atoms with Crippen LogP contribution in [0.3, 0.4) is 0 Å². The molecule has 2 heterocycles. The van der Waals surface area contributed by atoms with Crippen molar-refractivity contribution in [1.82, 2.24) is 15.1 Å². The SMILES string of the molecule is CCCCCCNC(=O)Cn1nc(-c2ccco2)oc1=O. The molecule has 2 aromatic rings. The molecule has 0 atom stereocenters. The van der Waals surface area contributed by atoms with E-state index in [2.05, 4.69) is 17.3 Å². The number of furan rings is 1. The molecule has 114 valence electrons. The zero-order valence-corrected chi connectivity index (χ0v) is 12.0. The third kappa shape index (κ3) is 4.34. The topological polar surface area (TPSA) is 90.3 Å². The molecule has 0 radical (unpaired) electrons. The summed E-state index contributed by atoms with van der Waals surface area (Å²) in [5, 5.41) is 6.69. The molecule has 7 nitrogen and oxygen atoms in total. The van der Waals surface area contributed by atoms with Crippen molar-refractivity contribution in [1.29, 1.82) is 0 Å². The van der Waals surface area contributed by atoms with Crippen LogP contribution in [0.4, 0.5) is 0 Å². The first-order chi connectivity index (χ1) is 10.2. The molecule has 0 aliphatic heterocycles. The first-order valence-electron chi connectivity index (χ1n) is 7.09. The van der Waals surface area contributed by atoms with Crippen LogP contribution in [0.1, 0.15) is 32.6 Å². The first kappa shape index (κ1) is 15.1. The van der Waals surface area contributed by atoms with Crippen LogP contribution < -0.4 is 11.1 Å². The Kier molecular flexibility index (Phi) is 5.36. The van der Waals surface area contributed by atoms with Crippen LogP contribution in [0.5, 0.6) is 0 Å². The number of hydrogen-bond acceptors (Lipinski definition) is 5. The zero-order valence-electron chi connectivity index (χ0n) is 12.0. The minimum atomic E-state index is -0.678. The van der Waals surface area contributed by atoms with Crippen LogP contribution >= 0.6 is 0 Å². The number of rotatable bonds is 8. The molecule has 0 spiro atoms. The summed E-state index contributed by atoms with van der Waals surface area (Å²) in [6, 6.07) is 3.29.